The summed E-state index contributed by atoms with van der Waals surface area (Å²) in [6.07, 6.45) is 11.0. The molecule has 0 aromatic heterocycles. The van der Waals surface area contributed by atoms with Gasteiger partial charge in [-0.15, -0.1) is 24.0 Å². The molecule has 1 unspecified atom stereocenters. The van der Waals surface area contributed by atoms with Crippen LogP contribution in [-0.2, 0) is 4.74 Å². The summed E-state index contributed by atoms with van der Waals surface area (Å²) in [6.45, 7) is 6.92. The first-order chi connectivity index (χ1) is 10.8. The zero-order valence-electron chi connectivity index (χ0n) is 15.1. The molecule has 2 rings (SSSR count). The Balaban J connectivity index is 0.00000264. The van der Waals surface area contributed by atoms with Crippen molar-refractivity contribution in [3.63, 3.8) is 0 Å². The van der Waals surface area contributed by atoms with Crippen molar-refractivity contribution < 1.29 is 4.74 Å². The summed E-state index contributed by atoms with van der Waals surface area (Å²) in [4.78, 5) is 7.09. The Morgan fingerprint density at radius 3 is 2.61 bits per heavy atom. The predicted molar refractivity (Wildman–Crippen MR) is 109 cm³/mol. The highest BCUT2D eigenvalue weighted by Gasteiger charge is 2.19. The number of hydrogen-bond acceptors (Lipinski definition) is 2. The quantitative estimate of drug-likeness (QED) is 0.271. The van der Waals surface area contributed by atoms with Crippen molar-refractivity contribution in [1.82, 2.24) is 10.2 Å². The summed E-state index contributed by atoms with van der Waals surface area (Å²) in [7, 11) is 2.15. The van der Waals surface area contributed by atoms with E-state index in [0.717, 1.165) is 44.7 Å². The lowest BCUT2D eigenvalue weighted by Gasteiger charge is -2.24. The van der Waals surface area contributed by atoms with Crippen molar-refractivity contribution >= 4 is 29.9 Å². The Bertz CT molecular complexity index is 326. The van der Waals surface area contributed by atoms with E-state index in [1.54, 1.807) is 0 Å². The Labute approximate surface area is 159 Å². The second-order valence-corrected chi connectivity index (χ2v) is 6.99. The molecule has 0 spiro atoms. The topological polar surface area (TPSA) is 36.9 Å². The van der Waals surface area contributed by atoms with E-state index >= 15 is 0 Å². The van der Waals surface area contributed by atoms with Crippen LogP contribution in [0.4, 0.5) is 0 Å². The normalized spacial score (nSPS) is 22.2. The molecule has 1 aliphatic carbocycles. The van der Waals surface area contributed by atoms with Gasteiger partial charge in [0.25, 0.3) is 0 Å². The molecule has 1 heterocycles. The fraction of sp³-hybridized carbons (Fsp3) is 0.944. The molecule has 4 nitrogen and oxygen atoms in total. The minimum atomic E-state index is 0. The minimum Gasteiger partial charge on any atom is -0.381 e. The summed E-state index contributed by atoms with van der Waals surface area (Å²) < 4.78 is 5.47. The van der Waals surface area contributed by atoms with Crippen LogP contribution in [0.3, 0.4) is 0 Å². The maximum absolute atomic E-state index is 5.47. The fourth-order valence-electron chi connectivity index (χ4n) is 3.70. The number of halogens is 1. The third-order valence-corrected chi connectivity index (χ3v) is 5.01. The van der Waals surface area contributed by atoms with Crippen molar-refractivity contribution in [2.45, 2.75) is 58.3 Å². The summed E-state index contributed by atoms with van der Waals surface area (Å²) in [6, 6.07) is 0. The average Bonchev–Trinajstić information content (AvgIpc) is 3.19. The van der Waals surface area contributed by atoms with Gasteiger partial charge in [0.1, 0.15) is 0 Å². The van der Waals surface area contributed by atoms with Gasteiger partial charge in [-0.25, -0.2) is 0 Å². The molecule has 0 aromatic rings. The van der Waals surface area contributed by atoms with E-state index in [1.807, 2.05) is 0 Å². The highest BCUT2D eigenvalue weighted by Crippen LogP contribution is 2.28. The van der Waals surface area contributed by atoms with Crippen LogP contribution in [0.5, 0.6) is 0 Å². The van der Waals surface area contributed by atoms with E-state index in [1.165, 1.54) is 51.4 Å². The average molecular weight is 437 g/mol. The van der Waals surface area contributed by atoms with Gasteiger partial charge in [0.15, 0.2) is 5.96 Å². The first-order valence-corrected chi connectivity index (χ1v) is 9.36. The maximum atomic E-state index is 5.47. The zero-order valence-corrected chi connectivity index (χ0v) is 17.4. The first-order valence-electron chi connectivity index (χ1n) is 9.36. The van der Waals surface area contributed by atoms with Crippen molar-refractivity contribution in [2.24, 2.45) is 16.8 Å². The van der Waals surface area contributed by atoms with Crippen molar-refractivity contribution in [3.05, 3.63) is 0 Å². The third-order valence-electron chi connectivity index (χ3n) is 5.01. The summed E-state index contributed by atoms with van der Waals surface area (Å²) in [5.41, 5.74) is 0. The fourth-order valence-corrected chi connectivity index (χ4v) is 3.70. The van der Waals surface area contributed by atoms with Gasteiger partial charge in [0.05, 0.1) is 6.61 Å². The SMILES string of the molecule is CCNC(=NCCCCC1CCCC1)N(C)CC1CCOC1.I. The van der Waals surface area contributed by atoms with Crippen LogP contribution in [0.25, 0.3) is 0 Å². The van der Waals surface area contributed by atoms with E-state index in [4.69, 9.17) is 9.73 Å². The van der Waals surface area contributed by atoms with Gasteiger partial charge in [-0.1, -0.05) is 38.5 Å². The molecule has 5 heteroatoms. The van der Waals surface area contributed by atoms with Crippen LogP contribution in [0.2, 0.25) is 0 Å². The molecule has 23 heavy (non-hydrogen) atoms. The highest BCUT2D eigenvalue weighted by molar-refractivity contribution is 14.0. The van der Waals surface area contributed by atoms with Crippen LogP contribution < -0.4 is 5.32 Å². The van der Waals surface area contributed by atoms with Gasteiger partial charge >= 0.3 is 0 Å². The minimum absolute atomic E-state index is 0. The molecule has 2 aliphatic rings. The van der Waals surface area contributed by atoms with E-state index in [2.05, 4.69) is 24.2 Å². The Hall–Kier alpha value is -0.0400. The second-order valence-electron chi connectivity index (χ2n) is 6.99. The highest BCUT2D eigenvalue weighted by atomic mass is 127. The lowest BCUT2D eigenvalue weighted by molar-refractivity contribution is 0.181. The second kappa shape index (κ2) is 12.3. The van der Waals surface area contributed by atoms with Crippen molar-refractivity contribution in [3.8, 4) is 0 Å². The van der Waals surface area contributed by atoms with Gasteiger partial charge in [-0.05, 0) is 25.7 Å². The molecule has 1 atom stereocenters. The Kier molecular flexibility index (Phi) is 11.3. The Morgan fingerprint density at radius 2 is 1.96 bits per heavy atom. The predicted octanol–water partition coefficient (Wildman–Crippen LogP) is 3.90. The van der Waals surface area contributed by atoms with Gasteiger partial charge in [-0.3, -0.25) is 4.99 Å². The van der Waals surface area contributed by atoms with Crippen molar-refractivity contribution in [2.75, 3.05) is 39.9 Å². The molecule has 1 aliphatic heterocycles. The van der Waals surface area contributed by atoms with Gasteiger partial charge in [0.2, 0.25) is 0 Å². The van der Waals surface area contributed by atoms with E-state index in [0.29, 0.717) is 5.92 Å². The molecule has 1 N–H and O–H groups in total. The van der Waals surface area contributed by atoms with Crippen molar-refractivity contribution in [1.29, 1.82) is 0 Å². The van der Waals surface area contributed by atoms with E-state index in [9.17, 15) is 0 Å². The van der Waals surface area contributed by atoms with E-state index < -0.39 is 0 Å². The van der Waals surface area contributed by atoms with E-state index in [-0.39, 0.29) is 24.0 Å². The van der Waals surface area contributed by atoms with Gasteiger partial charge in [0, 0.05) is 39.2 Å². The molecular formula is C18H36IN3O. The number of nitrogens with zero attached hydrogens (tertiary/aromatic N) is 2. The number of aliphatic imine (C=N–C) groups is 1. The molecule has 2 fully saturated rings. The Morgan fingerprint density at radius 1 is 1.17 bits per heavy atom. The van der Waals surface area contributed by atoms with Crippen LogP contribution in [0.1, 0.15) is 58.3 Å². The molecule has 1 saturated carbocycles. The number of unbranched alkanes of at least 4 members (excludes halogenated alkanes) is 1. The largest absolute Gasteiger partial charge is 0.381 e. The molecule has 0 radical (unpaired) electrons. The molecule has 0 bridgehead atoms. The summed E-state index contributed by atoms with van der Waals surface area (Å²) in [5, 5.41) is 3.42. The van der Waals surface area contributed by atoms with Crippen LogP contribution >= 0.6 is 24.0 Å². The third kappa shape index (κ3) is 8.05. The number of nitrogens with one attached hydrogen (secondary N) is 1. The smallest absolute Gasteiger partial charge is 0.193 e. The van der Waals surface area contributed by atoms with Crippen LogP contribution in [0.15, 0.2) is 4.99 Å². The maximum Gasteiger partial charge on any atom is 0.193 e. The number of guanidine groups is 1. The number of rotatable bonds is 8. The molecule has 136 valence electrons. The molecule has 0 aromatic carbocycles. The molecule has 1 saturated heterocycles. The standard InChI is InChI=1S/C18H35N3O.HI/c1-3-19-18(21(2)14-17-11-13-22-15-17)20-12-7-6-10-16-8-4-5-9-16;/h16-17H,3-15H2,1-2H3,(H,19,20);1H. The van der Waals surface area contributed by atoms with Gasteiger partial charge in [-0.2, -0.15) is 0 Å². The lowest BCUT2D eigenvalue weighted by atomic mass is 10.0. The summed E-state index contributed by atoms with van der Waals surface area (Å²) in [5.74, 6) is 2.74. The zero-order chi connectivity index (χ0) is 15.6. The monoisotopic (exact) mass is 437 g/mol. The molecule has 0 amide bonds. The van der Waals surface area contributed by atoms with Crippen LogP contribution in [0, 0.1) is 11.8 Å². The first kappa shape index (κ1) is 21.0. The molecular weight excluding hydrogens is 401 g/mol. The van der Waals surface area contributed by atoms with Crippen LogP contribution in [-0.4, -0.2) is 50.8 Å². The van der Waals surface area contributed by atoms with Gasteiger partial charge < -0.3 is 15.0 Å². The number of hydrogen-bond donors (Lipinski definition) is 1. The lowest BCUT2D eigenvalue weighted by Crippen LogP contribution is -2.41. The number of ether oxygens (including phenoxy) is 1. The summed E-state index contributed by atoms with van der Waals surface area (Å²) >= 11 is 0.